The zero-order valence-corrected chi connectivity index (χ0v) is 19.7. The number of hydrogen-bond donors (Lipinski definition) is 3. The van der Waals surface area contributed by atoms with E-state index >= 15 is 0 Å². The number of hydrogen-bond acceptors (Lipinski definition) is 6. The van der Waals surface area contributed by atoms with E-state index in [0.29, 0.717) is 17.2 Å². The quantitative estimate of drug-likeness (QED) is 0.220. The summed E-state index contributed by atoms with van der Waals surface area (Å²) in [7, 11) is 0. The van der Waals surface area contributed by atoms with Crippen LogP contribution in [0.1, 0.15) is 30.9 Å². The average Bonchev–Trinajstić information content (AvgIpc) is 2.75. The summed E-state index contributed by atoms with van der Waals surface area (Å²) in [6.07, 6.45) is 2.57. The second-order valence-electron chi connectivity index (χ2n) is 6.81. The van der Waals surface area contributed by atoms with Crippen LogP contribution in [0.3, 0.4) is 0 Å². The number of nitrogens with one attached hydrogen (secondary N) is 3. The van der Waals surface area contributed by atoms with Crippen LogP contribution in [0.2, 0.25) is 0 Å². The molecule has 9 nitrogen and oxygen atoms in total. The summed E-state index contributed by atoms with van der Waals surface area (Å²) < 4.78 is 6.21. The van der Waals surface area contributed by atoms with Gasteiger partial charge in [-0.05, 0) is 63.4 Å². The molecular weight excluding hydrogens is 500 g/mol. The molecule has 0 saturated heterocycles. The van der Waals surface area contributed by atoms with Crippen LogP contribution in [0.25, 0.3) is 6.08 Å². The Morgan fingerprint density at radius 2 is 1.97 bits per heavy atom. The molecule has 0 aromatic heterocycles. The summed E-state index contributed by atoms with van der Waals surface area (Å²) in [5.74, 6) is -0.195. The third kappa shape index (κ3) is 8.08. The standard InChI is InChI=1S/C21H21BrN4O5S/c1-13(2)15-7-8-18(17(22)11-15)31-12-20(28)24-25-21(32)23-19(27)9-6-14-4-3-5-16(10-14)26(29)30/h3-11,13H,12H2,1-2H3,(H,24,28)(H2,23,25,27,32)/b9-6+. The summed E-state index contributed by atoms with van der Waals surface area (Å²) >= 11 is 8.36. The van der Waals surface area contributed by atoms with E-state index in [1.165, 1.54) is 24.3 Å². The average molecular weight is 521 g/mol. The summed E-state index contributed by atoms with van der Waals surface area (Å²) in [4.78, 5) is 34.1. The fourth-order valence-electron chi connectivity index (χ4n) is 2.40. The minimum absolute atomic E-state index is 0.0856. The number of nitro groups is 1. The van der Waals surface area contributed by atoms with E-state index in [4.69, 9.17) is 17.0 Å². The molecular formula is C21H21BrN4O5S. The lowest BCUT2D eigenvalue weighted by molar-refractivity contribution is -0.384. The topological polar surface area (TPSA) is 123 Å². The second kappa shape index (κ2) is 11.9. The Hall–Kier alpha value is -3.31. The van der Waals surface area contributed by atoms with E-state index in [1.54, 1.807) is 12.1 Å². The van der Waals surface area contributed by atoms with Crippen molar-refractivity contribution in [1.82, 2.24) is 16.2 Å². The lowest BCUT2D eigenvalue weighted by atomic mass is 10.0. The molecule has 0 aliphatic rings. The number of amides is 2. The summed E-state index contributed by atoms with van der Waals surface area (Å²) in [5, 5.41) is 13.0. The molecule has 3 N–H and O–H groups in total. The van der Waals surface area contributed by atoms with Crippen LogP contribution in [0.5, 0.6) is 5.75 Å². The third-order valence-electron chi connectivity index (χ3n) is 4.04. The molecule has 0 atom stereocenters. The molecule has 11 heteroatoms. The molecule has 2 aromatic rings. The van der Waals surface area contributed by atoms with Crippen molar-refractivity contribution in [1.29, 1.82) is 0 Å². The van der Waals surface area contributed by atoms with E-state index < -0.39 is 16.7 Å². The molecule has 0 aliphatic heterocycles. The van der Waals surface area contributed by atoms with Crippen LogP contribution in [-0.4, -0.2) is 28.5 Å². The summed E-state index contributed by atoms with van der Waals surface area (Å²) in [5.41, 5.74) is 6.24. The Morgan fingerprint density at radius 1 is 1.22 bits per heavy atom. The number of halogens is 1. The molecule has 0 spiro atoms. The molecule has 2 amide bonds. The highest BCUT2D eigenvalue weighted by molar-refractivity contribution is 9.10. The number of nitro benzene ring substituents is 1. The molecule has 0 bridgehead atoms. The van der Waals surface area contributed by atoms with Gasteiger partial charge in [0.25, 0.3) is 11.6 Å². The molecule has 0 unspecified atom stereocenters. The van der Waals surface area contributed by atoms with Gasteiger partial charge in [0.1, 0.15) is 5.75 Å². The molecule has 0 radical (unpaired) electrons. The zero-order valence-electron chi connectivity index (χ0n) is 17.3. The highest BCUT2D eigenvalue weighted by atomic mass is 79.9. The van der Waals surface area contributed by atoms with Gasteiger partial charge in [0.05, 0.1) is 9.40 Å². The summed E-state index contributed by atoms with van der Waals surface area (Å²) in [6, 6.07) is 11.4. The first-order chi connectivity index (χ1) is 15.2. The van der Waals surface area contributed by atoms with Crippen LogP contribution in [-0.2, 0) is 9.59 Å². The maximum atomic E-state index is 11.9. The van der Waals surface area contributed by atoms with E-state index in [-0.39, 0.29) is 17.4 Å². The molecule has 0 heterocycles. The normalized spacial score (nSPS) is 10.6. The number of carbonyl (C=O) groups excluding carboxylic acids is 2. The molecule has 2 aromatic carbocycles. The van der Waals surface area contributed by atoms with E-state index in [0.717, 1.165) is 16.1 Å². The second-order valence-corrected chi connectivity index (χ2v) is 8.07. The number of benzene rings is 2. The van der Waals surface area contributed by atoms with Gasteiger partial charge in [-0.15, -0.1) is 0 Å². The van der Waals surface area contributed by atoms with Crippen LogP contribution in [0, 0.1) is 10.1 Å². The molecule has 2 rings (SSSR count). The van der Waals surface area contributed by atoms with Crippen molar-refractivity contribution in [3.8, 4) is 5.75 Å². The molecule has 0 fully saturated rings. The lowest BCUT2D eigenvalue weighted by Crippen LogP contribution is -2.49. The fourth-order valence-corrected chi connectivity index (χ4v) is 3.06. The fraction of sp³-hybridized carbons (Fsp3) is 0.190. The van der Waals surface area contributed by atoms with Crippen molar-refractivity contribution < 1.29 is 19.2 Å². The van der Waals surface area contributed by atoms with E-state index in [9.17, 15) is 19.7 Å². The number of nitrogens with zero attached hydrogens (tertiary/aromatic N) is 1. The first kappa shape index (κ1) is 25.0. The zero-order chi connectivity index (χ0) is 23.7. The largest absolute Gasteiger partial charge is 0.483 e. The molecule has 0 saturated carbocycles. The van der Waals surface area contributed by atoms with Crippen molar-refractivity contribution in [2.45, 2.75) is 19.8 Å². The number of carbonyl (C=O) groups is 2. The predicted octanol–water partition coefficient (Wildman–Crippen LogP) is 3.59. The highest BCUT2D eigenvalue weighted by Gasteiger charge is 2.09. The third-order valence-corrected chi connectivity index (χ3v) is 4.87. The van der Waals surface area contributed by atoms with Gasteiger partial charge in [0, 0.05) is 18.2 Å². The minimum Gasteiger partial charge on any atom is -0.483 e. The molecule has 0 aliphatic carbocycles. The van der Waals surface area contributed by atoms with Gasteiger partial charge in [-0.3, -0.25) is 35.9 Å². The Morgan fingerprint density at radius 3 is 2.62 bits per heavy atom. The van der Waals surface area contributed by atoms with Gasteiger partial charge < -0.3 is 4.74 Å². The number of thiocarbonyl (C=S) groups is 1. The summed E-state index contributed by atoms with van der Waals surface area (Å²) in [6.45, 7) is 3.88. The van der Waals surface area contributed by atoms with Gasteiger partial charge in [0.15, 0.2) is 11.7 Å². The van der Waals surface area contributed by atoms with Crippen molar-refractivity contribution in [3.63, 3.8) is 0 Å². The molecule has 32 heavy (non-hydrogen) atoms. The number of non-ortho nitro benzene ring substituents is 1. The van der Waals surface area contributed by atoms with Crippen molar-refractivity contribution in [3.05, 3.63) is 74.3 Å². The van der Waals surface area contributed by atoms with Crippen molar-refractivity contribution >= 4 is 56.8 Å². The molecule has 168 valence electrons. The monoisotopic (exact) mass is 520 g/mol. The maximum absolute atomic E-state index is 11.9. The Balaban J connectivity index is 1.76. The van der Waals surface area contributed by atoms with Crippen LogP contribution in [0.15, 0.2) is 53.0 Å². The number of ether oxygens (including phenoxy) is 1. The van der Waals surface area contributed by atoms with E-state index in [1.807, 2.05) is 12.1 Å². The van der Waals surface area contributed by atoms with Crippen molar-refractivity contribution in [2.24, 2.45) is 0 Å². The first-order valence-electron chi connectivity index (χ1n) is 9.40. The minimum atomic E-state index is -0.575. The van der Waals surface area contributed by atoms with Gasteiger partial charge in [0.2, 0.25) is 5.91 Å². The van der Waals surface area contributed by atoms with Gasteiger partial charge in [-0.1, -0.05) is 32.0 Å². The van der Waals surface area contributed by atoms with Gasteiger partial charge >= 0.3 is 0 Å². The first-order valence-corrected chi connectivity index (χ1v) is 10.6. The van der Waals surface area contributed by atoms with Crippen LogP contribution < -0.4 is 20.9 Å². The maximum Gasteiger partial charge on any atom is 0.276 e. The van der Waals surface area contributed by atoms with Gasteiger partial charge in [-0.2, -0.15) is 0 Å². The van der Waals surface area contributed by atoms with Crippen LogP contribution >= 0.6 is 28.1 Å². The number of hydrazine groups is 1. The smallest absolute Gasteiger partial charge is 0.276 e. The van der Waals surface area contributed by atoms with Crippen molar-refractivity contribution in [2.75, 3.05) is 6.61 Å². The highest BCUT2D eigenvalue weighted by Crippen LogP contribution is 2.28. The Labute approximate surface area is 198 Å². The van der Waals surface area contributed by atoms with E-state index in [2.05, 4.69) is 45.9 Å². The predicted molar refractivity (Wildman–Crippen MR) is 128 cm³/mol. The van der Waals surface area contributed by atoms with Crippen LogP contribution in [0.4, 0.5) is 5.69 Å². The Kier molecular flexibility index (Phi) is 9.29. The van der Waals surface area contributed by atoms with Gasteiger partial charge in [-0.25, -0.2) is 0 Å². The Bertz CT molecular complexity index is 1060. The lowest BCUT2D eigenvalue weighted by Gasteiger charge is -2.12. The number of rotatable bonds is 7. The SMILES string of the molecule is CC(C)c1ccc(OCC(=O)NNC(=S)NC(=O)/C=C/c2cccc([N+](=O)[O-])c2)c(Br)c1.